The fourth-order valence-electron chi connectivity index (χ4n) is 2.88. The first-order chi connectivity index (χ1) is 11.8. The van der Waals surface area contributed by atoms with Crippen LogP contribution in [0.1, 0.15) is 28.9 Å². The molecule has 2 aromatic heterocycles. The molecule has 1 saturated heterocycles. The maximum atomic E-state index is 12.5. The molecule has 0 spiro atoms. The van der Waals surface area contributed by atoms with Crippen LogP contribution in [0.5, 0.6) is 0 Å². The van der Waals surface area contributed by atoms with Gasteiger partial charge in [-0.25, -0.2) is 22.7 Å². The maximum absolute atomic E-state index is 12.5. The lowest BCUT2D eigenvalue weighted by Gasteiger charge is -2.30. The molecule has 1 aliphatic heterocycles. The van der Waals surface area contributed by atoms with E-state index in [0.717, 1.165) is 5.56 Å². The molecule has 8 nitrogen and oxygen atoms in total. The molecule has 2 aromatic rings. The van der Waals surface area contributed by atoms with Crippen molar-refractivity contribution in [1.82, 2.24) is 24.2 Å². The number of carbonyl (C=O) groups is 1. The highest BCUT2D eigenvalue weighted by molar-refractivity contribution is 7.88. The van der Waals surface area contributed by atoms with E-state index >= 15 is 0 Å². The third-order valence-corrected chi connectivity index (χ3v) is 5.52. The van der Waals surface area contributed by atoms with E-state index in [1.165, 1.54) is 10.6 Å². The van der Waals surface area contributed by atoms with E-state index < -0.39 is 10.0 Å². The molecule has 1 aliphatic rings. The Balaban J connectivity index is 1.68. The minimum absolute atomic E-state index is 0.0514. The molecular formula is C16H21N5O3S. The summed E-state index contributed by atoms with van der Waals surface area (Å²) >= 11 is 0. The van der Waals surface area contributed by atoms with Crippen molar-refractivity contribution in [2.45, 2.75) is 25.8 Å². The predicted octanol–water partition coefficient (Wildman–Crippen LogP) is 0.730. The number of pyridine rings is 1. The highest BCUT2D eigenvalue weighted by Gasteiger charge is 2.26. The number of piperidine rings is 1. The molecule has 0 aliphatic carbocycles. The monoisotopic (exact) mass is 363 g/mol. The second-order valence-electron chi connectivity index (χ2n) is 6.27. The third-order valence-electron chi connectivity index (χ3n) is 4.22. The Bertz CT molecular complexity index is 856. The van der Waals surface area contributed by atoms with Crippen molar-refractivity contribution in [3.8, 4) is 5.82 Å². The van der Waals surface area contributed by atoms with E-state index in [9.17, 15) is 13.2 Å². The van der Waals surface area contributed by atoms with Gasteiger partial charge in [-0.15, -0.1) is 0 Å². The topological polar surface area (TPSA) is 97.2 Å². The minimum atomic E-state index is -3.17. The van der Waals surface area contributed by atoms with E-state index in [4.69, 9.17) is 0 Å². The Kier molecular flexibility index (Phi) is 4.87. The largest absolute Gasteiger partial charge is 0.348 e. The summed E-state index contributed by atoms with van der Waals surface area (Å²) in [7, 11) is -3.17. The molecule has 0 saturated carbocycles. The molecule has 1 N–H and O–H groups in total. The fourth-order valence-corrected chi connectivity index (χ4v) is 3.76. The summed E-state index contributed by atoms with van der Waals surface area (Å²) in [6.45, 7) is 2.75. The van der Waals surface area contributed by atoms with Gasteiger partial charge in [0.25, 0.3) is 5.91 Å². The number of carbonyl (C=O) groups excluding carboxylic acids is 1. The SMILES string of the molecule is Cc1cc(C(=O)NC2CCN(S(C)(=O)=O)CC2)nc(-n2ccnc2)c1. The zero-order chi connectivity index (χ0) is 18.0. The van der Waals surface area contributed by atoms with Crippen LogP contribution < -0.4 is 5.32 Å². The first-order valence-electron chi connectivity index (χ1n) is 8.06. The minimum Gasteiger partial charge on any atom is -0.348 e. The second-order valence-corrected chi connectivity index (χ2v) is 8.25. The van der Waals surface area contributed by atoms with Crippen LogP contribution in [0.2, 0.25) is 0 Å². The van der Waals surface area contributed by atoms with Crippen LogP contribution in [-0.4, -0.2) is 58.6 Å². The average Bonchev–Trinajstić information content (AvgIpc) is 3.08. The van der Waals surface area contributed by atoms with Crippen molar-refractivity contribution in [3.63, 3.8) is 0 Å². The van der Waals surface area contributed by atoms with Crippen LogP contribution in [0.25, 0.3) is 5.82 Å². The van der Waals surface area contributed by atoms with Crippen LogP contribution in [0.4, 0.5) is 0 Å². The number of hydrogen-bond donors (Lipinski definition) is 1. The van der Waals surface area contributed by atoms with Gasteiger partial charge < -0.3 is 5.32 Å². The molecule has 1 amide bonds. The van der Waals surface area contributed by atoms with Gasteiger partial charge in [0.15, 0.2) is 0 Å². The molecule has 25 heavy (non-hydrogen) atoms. The van der Waals surface area contributed by atoms with E-state index in [1.54, 1.807) is 29.4 Å². The molecular weight excluding hydrogens is 342 g/mol. The summed E-state index contributed by atoms with van der Waals surface area (Å²) in [5.74, 6) is 0.386. The van der Waals surface area contributed by atoms with Crippen molar-refractivity contribution >= 4 is 15.9 Å². The quantitative estimate of drug-likeness (QED) is 0.864. The smallest absolute Gasteiger partial charge is 0.270 e. The second kappa shape index (κ2) is 6.93. The van der Waals surface area contributed by atoms with E-state index in [1.807, 2.05) is 13.0 Å². The molecule has 0 unspecified atom stereocenters. The number of sulfonamides is 1. The lowest BCUT2D eigenvalue weighted by Crippen LogP contribution is -2.46. The highest BCUT2D eigenvalue weighted by Crippen LogP contribution is 2.15. The van der Waals surface area contributed by atoms with Crippen LogP contribution >= 0.6 is 0 Å². The number of nitrogens with one attached hydrogen (secondary N) is 1. The molecule has 9 heteroatoms. The van der Waals surface area contributed by atoms with Gasteiger partial charge in [0, 0.05) is 31.5 Å². The van der Waals surface area contributed by atoms with Gasteiger partial charge in [-0.3, -0.25) is 9.36 Å². The summed E-state index contributed by atoms with van der Waals surface area (Å²) in [4.78, 5) is 20.9. The fraction of sp³-hybridized carbons (Fsp3) is 0.438. The molecule has 3 rings (SSSR count). The lowest BCUT2D eigenvalue weighted by atomic mass is 10.1. The Labute approximate surface area is 146 Å². The van der Waals surface area contributed by atoms with Crippen LogP contribution in [0, 0.1) is 6.92 Å². The first-order valence-corrected chi connectivity index (χ1v) is 9.91. The third kappa shape index (κ3) is 4.23. The summed E-state index contributed by atoms with van der Waals surface area (Å²) in [5.41, 5.74) is 1.27. The predicted molar refractivity (Wildman–Crippen MR) is 93.0 cm³/mol. The summed E-state index contributed by atoms with van der Waals surface area (Å²) < 4.78 is 26.3. The number of amides is 1. The molecule has 3 heterocycles. The Morgan fingerprint density at radius 2 is 2.00 bits per heavy atom. The number of imidazole rings is 1. The molecule has 0 radical (unpaired) electrons. The van der Waals surface area contributed by atoms with Crippen molar-refractivity contribution in [3.05, 3.63) is 42.1 Å². The van der Waals surface area contributed by atoms with Crippen molar-refractivity contribution < 1.29 is 13.2 Å². The van der Waals surface area contributed by atoms with E-state index in [-0.39, 0.29) is 11.9 Å². The normalized spacial score (nSPS) is 16.7. The van der Waals surface area contributed by atoms with Gasteiger partial charge in [-0.2, -0.15) is 0 Å². The molecule has 0 bridgehead atoms. The zero-order valence-corrected chi connectivity index (χ0v) is 15.0. The van der Waals surface area contributed by atoms with Crippen LogP contribution in [-0.2, 0) is 10.0 Å². The molecule has 0 atom stereocenters. The maximum Gasteiger partial charge on any atom is 0.270 e. The van der Waals surface area contributed by atoms with Crippen molar-refractivity contribution in [2.24, 2.45) is 0 Å². The summed E-state index contributed by atoms with van der Waals surface area (Å²) in [6, 6.07) is 3.56. The Morgan fingerprint density at radius 1 is 1.28 bits per heavy atom. The van der Waals surface area contributed by atoms with Gasteiger partial charge >= 0.3 is 0 Å². The highest BCUT2D eigenvalue weighted by atomic mass is 32.2. The molecule has 1 fully saturated rings. The van der Waals surface area contributed by atoms with Gasteiger partial charge in [0.1, 0.15) is 17.8 Å². The van der Waals surface area contributed by atoms with Crippen molar-refractivity contribution in [2.75, 3.05) is 19.3 Å². The standard InChI is InChI=1S/C16H21N5O3S/c1-12-9-14(19-15(10-12)20-8-5-17-11-20)16(22)18-13-3-6-21(7-4-13)25(2,23)24/h5,8-11,13H,3-4,6-7H2,1-2H3,(H,18,22). The number of aromatic nitrogens is 3. The van der Waals surface area contributed by atoms with Crippen LogP contribution in [0.15, 0.2) is 30.9 Å². The summed E-state index contributed by atoms with van der Waals surface area (Å²) in [6.07, 6.45) is 7.45. The van der Waals surface area contributed by atoms with Gasteiger partial charge in [-0.1, -0.05) is 0 Å². The molecule has 0 aromatic carbocycles. The number of nitrogens with zero attached hydrogens (tertiary/aromatic N) is 4. The Morgan fingerprint density at radius 3 is 2.60 bits per heavy atom. The molecule has 134 valence electrons. The Hall–Kier alpha value is -2.26. The van der Waals surface area contributed by atoms with E-state index in [2.05, 4.69) is 15.3 Å². The van der Waals surface area contributed by atoms with Crippen molar-refractivity contribution in [1.29, 1.82) is 0 Å². The summed E-state index contributed by atoms with van der Waals surface area (Å²) in [5, 5.41) is 2.96. The number of aryl methyl sites for hydroxylation is 1. The van der Waals surface area contributed by atoms with E-state index in [0.29, 0.717) is 37.4 Å². The number of rotatable bonds is 4. The van der Waals surface area contributed by atoms with Crippen LogP contribution in [0.3, 0.4) is 0 Å². The van der Waals surface area contributed by atoms with Gasteiger partial charge in [-0.05, 0) is 37.5 Å². The van der Waals surface area contributed by atoms with Gasteiger partial charge in [0.2, 0.25) is 10.0 Å². The number of hydrogen-bond acceptors (Lipinski definition) is 5. The average molecular weight is 363 g/mol. The zero-order valence-electron chi connectivity index (χ0n) is 14.2. The first kappa shape index (κ1) is 17.6. The lowest BCUT2D eigenvalue weighted by molar-refractivity contribution is 0.0918. The van der Waals surface area contributed by atoms with Gasteiger partial charge in [0.05, 0.1) is 6.26 Å².